The van der Waals surface area contributed by atoms with E-state index in [-0.39, 0.29) is 12.5 Å². The topological polar surface area (TPSA) is 79.9 Å². The number of benzene rings is 1. The highest BCUT2D eigenvalue weighted by molar-refractivity contribution is 7.09. The van der Waals surface area contributed by atoms with E-state index in [0.717, 1.165) is 10.4 Å². The van der Waals surface area contributed by atoms with E-state index in [0.29, 0.717) is 37.7 Å². The number of carbonyl (C=O) groups excluding carboxylic acids is 2. The lowest BCUT2D eigenvalue weighted by atomic mass is 10.2. The van der Waals surface area contributed by atoms with Crippen molar-refractivity contribution in [2.24, 2.45) is 0 Å². The molecule has 0 atom stereocenters. The van der Waals surface area contributed by atoms with E-state index in [4.69, 9.17) is 9.47 Å². The minimum absolute atomic E-state index is 0.132. The molecule has 0 aliphatic carbocycles. The molecule has 1 aromatic heterocycles. The maximum atomic E-state index is 12.0. The van der Waals surface area contributed by atoms with E-state index >= 15 is 0 Å². The zero-order chi connectivity index (χ0) is 20.4. The van der Waals surface area contributed by atoms with Crippen LogP contribution in [0.15, 0.2) is 35.7 Å². The lowest BCUT2D eigenvalue weighted by molar-refractivity contribution is -0.121. The highest BCUT2D eigenvalue weighted by Gasteiger charge is 2.14. The van der Waals surface area contributed by atoms with Gasteiger partial charge in [-0.15, -0.1) is 11.3 Å². The summed E-state index contributed by atoms with van der Waals surface area (Å²) in [6, 6.07) is 9.29. The largest absolute Gasteiger partial charge is 0.493 e. The van der Waals surface area contributed by atoms with Crippen LogP contribution in [-0.4, -0.2) is 43.6 Å². The number of likely N-dealkylation sites (N-methyl/N-ethyl adjacent to an activating group) is 1. The molecule has 2 rings (SSSR count). The number of nitrogens with zero attached hydrogens (tertiary/aromatic N) is 1. The van der Waals surface area contributed by atoms with Crippen LogP contribution in [0.5, 0.6) is 11.5 Å². The van der Waals surface area contributed by atoms with Crippen LogP contribution in [0.1, 0.15) is 24.3 Å². The maximum absolute atomic E-state index is 12.0. The minimum Gasteiger partial charge on any atom is -0.493 e. The van der Waals surface area contributed by atoms with Gasteiger partial charge in [0.1, 0.15) is 6.61 Å². The molecule has 152 valence electrons. The van der Waals surface area contributed by atoms with E-state index in [1.165, 1.54) is 0 Å². The molecule has 0 radical (unpaired) electrons. The number of urea groups is 1. The molecule has 0 spiro atoms. The molecule has 3 amide bonds. The van der Waals surface area contributed by atoms with Crippen molar-refractivity contribution in [1.29, 1.82) is 0 Å². The third kappa shape index (κ3) is 6.86. The average molecular weight is 406 g/mol. The van der Waals surface area contributed by atoms with Gasteiger partial charge < -0.3 is 14.8 Å². The number of ether oxygens (including phenoxy) is 2. The van der Waals surface area contributed by atoms with Crippen molar-refractivity contribution in [3.8, 4) is 11.5 Å². The quantitative estimate of drug-likeness (QED) is 0.635. The fourth-order valence-electron chi connectivity index (χ4n) is 2.58. The lowest BCUT2D eigenvalue weighted by Gasteiger charge is -2.20. The summed E-state index contributed by atoms with van der Waals surface area (Å²) in [5.41, 5.74) is 0.994. The molecular weight excluding hydrogens is 378 g/mol. The van der Waals surface area contributed by atoms with Gasteiger partial charge in [0.15, 0.2) is 11.5 Å². The van der Waals surface area contributed by atoms with Crippen molar-refractivity contribution < 1.29 is 19.1 Å². The van der Waals surface area contributed by atoms with Crippen LogP contribution < -0.4 is 20.1 Å². The molecule has 1 aromatic carbocycles. The van der Waals surface area contributed by atoms with Crippen LogP contribution in [0.4, 0.5) is 4.79 Å². The fraction of sp³-hybridized carbons (Fsp3) is 0.400. The second kappa shape index (κ2) is 11.3. The number of imide groups is 1. The summed E-state index contributed by atoms with van der Waals surface area (Å²) in [5.74, 6) is 0.990. The van der Waals surface area contributed by atoms with Gasteiger partial charge in [0, 0.05) is 18.0 Å². The molecule has 1 heterocycles. The molecular formula is C20H27N3O4S. The van der Waals surface area contributed by atoms with Gasteiger partial charge in [-0.3, -0.25) is 15.0 Å². The first-order valence-electron chi connectivity index (χ1n) is 9.17. The smallest absolute Gasteiger partial charge is 0.321 e. The second-order valence-electron chi connectivity index (χ2n) is 6.06. The van der Waals surface area contributed by atoms with E-state index in [1.54, 1.807) is 25.4 Å². The van der Waals surface area contributed by atoms with Gasteiger partial charge in [-0.05, 0) is 42.6 Å². The zero-order valence-corrected chi connectivity index (χ0v) is 17.3. The molecule has 2 aromatic rings. The van der Waals surface area contributed by atoms with Crippen molar-refractivity contribution in [3.63, 3.8) is 0 Å². The summed E-state index contributed by atoms with van der Waals surface area (Å²) in [7, 11) is 1.61. The summed E-state index contributed by atoms with van der Waals surface area (Å²) < 4.78 is 11.3. The number of carbonyl (C=O) groups is 2. The normalized spacial score (nSPS) is 10.6. The molecule has 2 N–H and O–H groups in total. The Balaban J connectivity index is 1.95. The van der Waals surface area contributed by atoms with Crippen molar-refractivity contribution in [1.82, 2.24) is 15.5 Å². The highest BCUT2D eigenvalue weighted by atomic mass is 32.1. The molecule has 7 nitrogen and oxygen atoms in total. The Labute approximate surface area is 169 Å². The van der Waals surface area contributed by atoms with Crippen molar-refractivity contribution in [2.75, 3.05) is 26.7 Å². The minimum atomic E-state index is -0.475. The molecule has 0 saturated heterocycles. The number of hydrogen-bond donors (Lipinski definition) is 2. The highest BCUT2D eigenvalue weighted by Crippen LogP contribution is 2.29. The van der Waals surface area contributed by atoms with Gasteiger partial charge in [0.05, 0.1) is 13.7 Å². The van der Waals surface area contributed by atoms with E-state index in [2.05, 4.69) is 10.6 Å². The number of rotatable bonds is 10. The molecule has 28 heavy (non-hydrogen) atoms. The molecule has 8 heteroatoms. The number of nitrogens with one attached hydrogen (secondary N) is 2. The third-order valence-electron chi connectivity index (χ3n) is 3.99. The van der Waals surface area contributed by atoms with Gasteiger partial charge in [0.2, 0.25) is 5.91 Å². The summed E-state index contributed by atoms with van der Waals surface area (Å²) in [4.78, 5) is 26.5. The summed E-state index contributed by atoms with van der Waals surface area (Å²) >= 11 is 1.64. The predicted molar refractivity (Wildman–Crippen MR) is 110 cm³/mol. The lowest BCUT2D eigenvalue weighted by Crippen LogP contribution is -2.44. The van der Waals surface area contributed by atoms with Gasteiger partial charge >= 0.3 is 6.03 Å². The zero-order valence-electron chi connectivity index (χ0n) is 16.5. The van der Waals surface area contributed by atoms with Gasteiger partial charge in [-0.1, -0.05) is 19.1 Å². The van der Waals surface area contributed by atoms with Gasteiger partial charge in [-0.25, -0.2) is 4.79 Å². The standard InChI is InChI=1S/C20H27N3O4S/c1-4-21-20(25)22-19(24)13-23(5-2)12-15-8-9-17(18(11-15)26-3)27-14-16-7-6-10-28-16/h6-11H,4-5,12-14H2,1-3H3,(H2,21,22,24,25). The fourth-order valence-corrected chi connectivity index (χ4v) is 3.20. The van der Waals surface area contributed by atoms with Crippen LogP contribution >= 0.6 is 11.3 Å². The van der Waals surface area contributed by atoms with Crippen molar-refractivity contribution >= 4 is 23.3 Å². The van der Waals surface area contributed by atoms with Crippen LogP contribution in [0.25, 0.3) is 0 Å². The van der Waals surface area contributed by atoms with Gasteiger partial charge in [0.25, 0.3) is 0 Å². The number of methoxy groups -OCH3 is 1. The van der Waals surface area contributed by atoms with Crippen LogP contribution in [-0.2, 0) is 17.9 Å². The maximum Gasteiger partial charge on any atom is 0.321 e. The van der Waals surface area contributed by atoms with Crippen LogP contribution in [0.3, 0.4) is 0 Å². The van der Waals surface area contributed by atoms with E-state index in [9.17, 15) is 9.59 Å². The number of thiophene rings is 1. The Morgan fingerprint density at radius 3 is 2.64 bits per heavy atom. The van der Waals surface area contributed by atoms with Crippen molar-refractivity contribution in [3.05, 3.63) is 46.2 Å². The Kier molecular flexibility index (Phi) is 8.77. The Bertz CT molecular complexity index is 765. The summed E-state index contributed by atoms with van der Waals surface area (Å²) in [6.45, 7) is 6.08. The Morgan fingerprint density at radius 1 is 1.18 bits per heavy atom. The second-order valence-corrected chi connectivity index (χ2v) is 7.10. The van der Waals surface area contributed by atoms with Crippen LogP contribution in [0, 0.1) is 0 Å². The molecule has 0 aliphatic heterocycles. The first-order chi connectivity index (χ1) is 13.5. The molecule has 0 bridgehead atoms. The summed E-state index contributed by atoms with van der Waals surface area (Å²) in [5, 5.41) is 6.87. The first-order valence-corrected chi connectivity index (χ1v) is 10.1. The van der Waals surface area contributed by atoms with E-state index in [1.807, 2.05) is 47.5 Å². The average Bonchev–Trinajstić information content (AvgIpc) is 3.19. The number of hydrogen-bond acceptors (Lipinski definition) is 6. The van der Waals surface area contributed by atoms with Gasteiger partial charge in [-0.2, -0.15) is 0 Å². The monoisotopic (exact) mass is 405 g/mol. The molecule has 0 fully saturated rings. The first kappa shape index (κ1) is 21.7. The predicted octanol–water partition coefficient (Wildman–Crippen LogP) is 3.00. The molecule has 0 aliphatic rings. The summed E-state index contributed by atoms with van der Waals surface area (Å²) in [6.07, 6.45) is 0. The third-order valence-corrected chi connectivity index (χ3v) is 4.84. The molecule has 0 unspecified atom stereocenters. The Morgan fingerprint density at radius 2 is 2.00 bits per heavy atom. The van der Waals surface area contributed by atoms with Crippen molar-refractivity contribution in [2.45, 2.75) is 27.0 Å². The molecule has 0 saturated carbocycles. The SMILES string of the molecule is CCNC(=O)NC(=O)CN(CC)Cc1ccc(OCc2cccs2)c(OC)c1. The number of amides is 3. The Hall–Kier alpha value is -2.58. The van der Waals surface area contributed by atoms with Crippen LogP contribution in [0.2, 0.25) is 0 Å². The van der Waals surface area contributed by atoms with E-state index < -0.39 is 6.03 Å².